The molecule has 1 aromatic heterocycles. The Labute approximate surface area is 116 Å². The molecule has 0 radical (unpaired) electrons. The molecule has 0 bridgehead atoms. The fraction of sp³-hybridized carbons (Fsp3) is 0.286. The van der Waals surface area contributed by atoms with Crippen molar-refractivity contribution in [3.8, 4) is 11.8 Å². The van der Waals surface area contributed by atoms with Crippen molar-refractivity contribution in [3.63, 3.8) is 0 Å². The number of hydrogen-bond acceptors (Lipinski definition) is 5. The van der Waals surface area contributed by atoms with Crippen molar-refractivity contribution in [2.24, 2.45) is 0 Å². The van der Waals surface area contributed by atoms with Gasteiger partial charge in [0.25, 0.3) is 0 Å². The Morgan fingerprint density at radius 3 is 2.35 bits per heavy atom. The van der Waals surface area contributed by atoms with Crippen molar-refractivity contribution in [1.29, 1.82) is 0 Å². The van der Waals surface area contributed by atoms with Crippen molar-refractivity contribution in [3.05, 3.63) is 42.5 Å². The van der Waals surface area contributed by atoms with Gasteiger partial charge in [-0.3, -0.25) is 0 Å². The number of hydrogen-bond donors (Lipinski definition) is 1. The number of rotatable bonds is 3. The van der Waals surface area contributed by atoms with Gasteiger partial charge < -0.3 is 15.0 Å². The normalized spacial score (nSPS) is 15.2. The minimum atomic E-state index is -0.480. The Balaban J connectivity index is 1.67. The Morgan fingerprint density at radius 2 is 1.70 bits per heavy atom. The molecular weight excluding hydrogens is 259 g/mol. The highest BCUT2D eigenvalue weighted by Crippen LogP contribution is 2.22. The first-order valence-corrected chi connectivity index (χ1v) is 6.52. The Hall–Kier alpha value is -2.21. The van der Waals surface area contributed by atoms with Crippen LogP contribution in [0.25, 0.3) is 0 Å². The minimum Gasteiger partial charge on any atom is -0.424 e. The standard InChI is InChI=1S/C14H15FN4O/c15-11-9-17-14(18-10-11)20-13-3-1-12(2-4-13)19-7-5-16-6-8-19/h1-4,9-10,16H,5-8H2. The third-order valence-electron chi connectivity index (χ3n) is 3.12. The van der Waals surface area contributed by atoms with Crippen LogP contribution < -0.4 is 15.0 Å². The molecule has 0 unspecified atom stereocenters. The van der Waals surface area contributed by atoms with Crippen LogP contribution in [0, 0.1) is 5.82 Å². The van der Waals surface area contributed by atoms with Crippen LogP contribution in [-0.4, -0.2) is 36.1 Å². The molecule has 3 rings (SSSR count). The lowest BCUT2D eigenvalue weighted by Gasteiger charge is -2.29. The molecule has 104 valence electrons. The van der Waals surface area contributed by atoms with E-state index < -0.39 is 5.82 Å². The Bertz CT molecular complexity index is 552. The van der Waals surface area contributed by atoms with E-state index in [9.17, 15) is 4.39 Å². The highest BCUT2D eigenvalue weighted by atomic mass is 19.1. The first-order chi connectivity index (χ1) is 9.81. The number of aromatic nitrogens is 2. The molecule has 0 amide bonds. The average molecular weight is 274 g/mol. The molecule has 0 atom stereocenters. The largest absolute Gasteiger partial charge is 0.424 e. The van der Waals surface area contributed by atoms with Crippen LogP contribution >= 0.6 is 0 Å². The van der Waals surface area contributed by atoms with Gasteiger partial charge in [-0.05, 0) is 24.3 Å². The van der Waals surface area contributed by atoms with E-state index in [-0.39, 0.29) is 6.01 Å². The van der Waals surface area contributed by atoms with Crippen molar-refractivity contribution < 1.29 is 9.13 Å². The second-order valence-corrected chi connectivity index (χ2v) is 4.52. The summed E-state index contributed by atoms with van der Waals surface area (Å²) >= 11 is 0. The Kier molecular flexibility index (Phi) is 3.73. The van der Waals surface area contributed by atoms with Gasteiger partial charge in [0, 0.05) is 31.9 Å². The summed E-state index contributed by atoms with van der Waals surface area (Å²) in [6.07, 6.45) is 2.16. The molecule has 1 N–H and O–H groups in total. The van der Waals surface area contributed by atoms with Gasteiger partial charge >= 0.3 is 6.01 Å². The van der Waals surface area contributed by atoms with Crippen molar-refractivity contribution in [2.45, 2.75) is 0 Å². The van der Waals surface area contributed by atoms with E-state index in [0.717, 1.165) is 38.6 Å². The van der Waals surface area contributed by atoms with Crippen LogP contribution in [0.4, 0.5) is 10.1 Å². The van der Waals surface area contributed by atoms with Gasteiger partial charge in [0.05, 0.1) is 12.4 Å². The highest BCUT2D eigenvalue weighted by molar-refractivity contribution is 5.49. The molecule has 1 aliphatic heterocycles. The lowest BCUT2D eigenvalue weighted by Crippen LogP contribution is -2.43. The summed E-state index contributed by atoms with van der Waals surface area (Å²) in [5, 5.41) is 3.32. The fourth-order valence-corrected chi connectivity index (χ4v) is 2.11. The molecule has 1 saturated heterocycles. The maximum atomic E-state index is 12.7. The molecule has 5 nitrogen and oxygen atoms in total. The van der Waals surface area contributed by atoms with Crippen molar-refractivity contribution in [1.82, 2.24) is 15.3 Å². The van der Waals surface area contributed by atoms with E-state index in [1.807, 2.05) is 24.3 Å². The number of nitrogens with one attached hydrogen (secondary N) is 1. The number of piperazine rings is 1. The summed E-state index contributed by atoms with van der Waals surface area (Å²) in [6.45, 7) is 4.01. The van der Waals surface area contributed by atoms with Gasteiger partial charge in [-0.25, -0.2) is 14.4 Å². The van der Waals surface area contributed by atoms with Gasteiger partial charge in [0.15, 0.2) is 5.82 Å². The van der Waals surface area contributed by atoms with Crippen LogP contribution in [-0.2, 0) is 0 Å². The molecule has 2 heterocycles. The molecule has 2 aromatic rings. The summed E-state index contributed by atoms with van der Waals surface area (Å²) in [6, 6.07) is 7.88. The van der Waals surface area contributed by atoms with Crippen LogP contribution in [0.3, 0.4) is 0 Å². The monoisotopic (exact) mass is 274 g/mol. The first kappa shape index (κ1) is 12.8. The van der Waals surface area contributed by atoms with Gasteiger partial charge in [0.2, 0.25) is 0 Å². The van der Waals surface area contributed by atoms with Crippen LogP contribution in [0.5, 0.6) is 11.8 Å². The molecule has 1 fully saturated rings. The van der Waals surface area contributed by atoms with E-state index >= 15 is 0 Å². The molecule has 1 aliphatic rings. The predicted octanol–water partition coefficient (Wildman–Crippen LogP) is 1.82. The Morgan fingerprint density at radius 1 is 1.05 bits per heavy atom. The number of nitrogens with zero attached hydrogens (tertiary/aromatic N) is 3. The number of benzene rings is 1. The maximum absolute atomic E-state index is 12.7. The third-order valence-corrected chi connectivity index (χ3v) is 3.12. The SMILES string of the molecule is Fc1cnc(Oc2ccc(N3CCNCC3)cc2)nc1. The lowest BCUT2D eigenvalue weighted by molar-refractivity contribution is 0.436. The van der Waals surface area contributed by atoms with E-state index in [1.54, 1.807) is 0 Å². The molecule has 1 aromatic carbocycles. The van der Waals surface area contributed by atoms with Gasteiger partial charge in [-0.15, -0.1) is 0 Å². The maximum Gasteiger partial charge on any atom is 0.322 e. The van der Waals surface area contributed by atoms with Crippen LogP contribution in [0.2, 0.25) is 0 Å². The summed E-state index contributed by atoms with van der Waals surface area (Å²) in [4.78, 5) is 9.83. The molecule has 0 spiro atoms. The van der Waals surface area contributed by atoms with Crippen LogP contribution in [0.15, 0.2) is 36.7 Å². The lowest BCUT2D eigenvalue weighted by atomic mass is 10.2. The molecular formula is C14H15FN4O. The average Bonchev–Trinajstić information content (AvgIpc) is 2.51. The van der Waals surface area contributed by atoms with E-state index in [1.165, 1.54) is 5.69 Å². The number of anilines is 1. The second kappa shape index (κ2) is 5.83. The molecule has 20 heavy (non-hydrogen) atoms. The van der Waals surface area contributed by atoms with Crippen molar-refractivity contribution >= 4 is 5.69 Å². The second-order valence-electron chi connectivity index (χ2n) is 4.52. The number of ether oxygens (including phenoxy) is 1. The van der Waals surface area contributed by atoms with E-state index in [2.05, 4.69) is 20.2 Å². The molecule has 0 saturated carbocycles. The van der Waals surface area contributed by atoms with E-state index in [0.29, 0.717) is 5.75 Å². The van der Waals surface area contributed by atoms with E-state index in [4.69, 9.17) is 4.74 Å². The first-order valence-electron chi connectivity index (χ1n) is 6.52. The summed E-state index contributed by atoms with van der Waals surface area (Å²) in [5.41, 5.74) is 1.17. The summed E-state index contributed by atoms with van der Waals surface area (Å²) in [5.74, 6) is 0.155. The predicted molar refractivity (Wildman–Crippen MR) is 73.6 cm³/mol. The molecule has 0 aliphatic carbocycles. The van der Waals surface area contributed by atoms with Gasteiger partial charge in [-0.1, -0.05) is 0 Å². The summed E-state index contributed by atoms with van der Waals surface area (Å²) in [7, 11) is 0. The van der Waals surface area contributed by atoms with Crippen molar-refractivity contribution in [2.75, 3.05) is 31.1 Å². The molecule has 6 heteroatoms. The topological polar surface area (TPSA) is 50.3 Å². The number of halogens is 1. The zero-order chi connectivity index (χ0) is 13.8. The van der Waals surface area contributed by atoms with Gasteiger partial charge in [-0.2, -0.15) is 0 Å². The van der Waals surface area contributed by atoms with Crippen LogP contribution in [0.1, 0.15) is 0 Å². The zero-order valence-electron chi connectivity index (χ0n) is 10.9. The van der Waals surface area contributed by atoms with Gasteiger partial charge in [0.1, 0.15) is 5.75 Å². The smallest absolute Gasteiger partial charge is 0.322 e. The fourth-order valence-electron chi connectivity index (χ4n) is 2.11. The minimum absolute atomic E-state index is 0.140. The highest BCUT2D eigenvalue weighted by Gasteiger charge is 2.10. The quantitative estimate of drug-likeness (QED) is 0.925. The zero-order valence-corrected chi connectivity index (χ0v) is 10.9. The summed E-state index contributed by atoms with van der Waals surface area (Å²) < 4.78 is 18.1. The third kappa shape index (κ3) is 3.03.